The quantitative estimate of drug-likeness (QED) is 0.120. The molecule has 2 amide bonds. The monoisotopic (exact) mass is 608 g/mol. The van der Waals surface area contributed by atoms with Crippen LogP contribution in [-0.4, -0.2) is 47.2 Å². The van der Waals surface area contributed by atoms with E-state index in [-0.39, 0.29) is 60.1 Å². The molecule has 0 bridgehead atoms. The van der Waals surface area contributed by atoms with Crippen molar-refractivity contribution >= 4 is 23.8 Å². The van der Waals surface area contributed by atoms with Gasteiger partial charge in [0.1, 0.15) is 36.6 Å². The Balaban J connectivity index is 1.29. The number of terminal acetylenes is 1. The SMILES string of the molecule is C#COc1ccc(C(=O)NCc2ccc(CNC(=O)c3ccc(OCCOc4ccccc4)cc3C(=O)O)cc2)c(C(=O)O)c1. The first-order valence-electron chi connectivity index (χ1n) is 13.6. The highest BCUT2D eigenvalue weighted by Gasteiger charge is 2.19. The standard InChI is InChI=1S/C34H28N2O9/c1-2-43-25-12-14-27(29(18-25)33(39)40)31(37)35-20-22-8-10-23(11-9-22)21-36-32(38)28-15-13-26(19-30(28)34(41)42)45-17-16-44-24-6-4-3-5-7-24/h1,3-15,18-19H,16-17,20-21H2,(H,35,37)(H,36,38)(H,39,40)(H,41,42). The van der Waals surface area contributed by atoms with Crippen LogP contribution in [0.4, 0.5) is 0 Å². The summed E-state index contributed by atoms with van der Waals surface area (Å²) in [4.78, 5) is 49.0. The van der Waals surface area contributed by atoms with Gasteiger partial charge in [-0.1, -0.05) is 48.9 Å². The second-order valence-electron chi connectivity index (χ2n) is 9.44. The van der Waals surface area contributed by atoms with Crippen molar-refractivity contribution in [2.45, 2.75) is 13.1 Å². The molecule has 0 radical (unpaired) electrons. The Kier molecular flexibility index (Phi) is 10.7. The van der Waals surface area contributed by atoms with Gasteiger partial charge in [-0.05, 0) is 59.7 Å². The largest absolute Gasteiger partial charge is 0.490 e. The fourth-order valence-electron chi connectivity index (χ4n) is 4.18. The Morgan fingerprint density at radius 2 is 1.07 bits per heavy atom. The van der Waals surface area contributed by atoms with Crippen LogP contribution in [0.5, 0.6) is 17.2 Å². The molecule has 4 N–H and O–H groups in total. The van der Waals surface area contributed by atoms with Crippen LogP contribution >= 0.6 is 0 Å². The number of aromatic carboxylic acids is 2. The molecule has 11 heteroatoms. The lowest BCUT2D eigenvalue weighted by molar-refractivity contribution is 0.0682. The summed E-state index contributed by atoms with van der Waals surface area (Å²) >= 11 is 0. The third-order valence-corrected chi connectivity index (χ3v) is 6.40. The molecule has 0 aliphatic rings. The van der Waals surface area contributed by atoms with Crippen molar-refractivity contribution in [3.63, 3.8) is 0 Å². The fraction of sp³-hybridized carbons (Fsp3) is 0.118. The Morgan fingerprint density at radius 1 is 0.600 bits per heavy atom. The van der Waals surface area contributed by atoms with Crippen molar-refractivity contribution in [1.29, 1.82) is 0 Å². The number of nitrogens with one attached hydrogen (secondary N) is 2. The Morgan fingerprint density at radius 3 is 1.56 bits per heavy atom. The van der Waals surface area contributed by atoms with Gasteiger partial charge < -0.3 is 35.1 Å². The number of carboxylic acid groups (broad SMARTS) is 2. The van der Waals surface area contributed by atoms with Crippen LogP contribution < -0.4 is 24.8 Å². The molecule has 0 unspecified atom stereocenters. The molecule has 0 atom stereocenters. The van der Waals surface area contributed by atoms with Crippen LogP contribution in [-0.2, 0) is 13.1 Å². The van der Waals surface area contributed by atoms with E-state index in [0.29, 0.717) is 5.75 Å². The van der Waals surface area contributed by atoms with E-state index in [4.69, 9.17) is 20.6 Å². The van der Waals surface area contributed by atoms with Crippen molar-refractivity contribution in [2.24, 2.45) is 0 Å². The smallest absolute Gasteiger partial charge is 0.336 e. The first-order valence-corrected chi connectivity index (χ1v) is 13.6. The Hall–Kier alpha value is -6.28. The summed E-state index contributed by atoms with van der Waals surface area (Å²) in [6.07, 6.45) is 7.02. The van der Waals surface area contributed by atoms with Crippen LogP contribution in [0.3, 0.4) is 0 Å². The molecule has 228 valence electrons. The number of carboxylic acids is 2. The van der Waals surface area contributed by atoms with Crippen molar-refractivity contribution in [1.82, 2.24) is 10.6 Å². The maximum absolute atomic E-state index is 12.8. The van der Waals surface area contributed by atoms with Crippen LogP contribution in [0.1, 0.15) is 52.6 Å². The third-order valence-electron chi connectivity index (χ3n) is 6.40. The van der Waals surface area contributed by atoms with Gasteiger partial charge in [0, 0.05) is 13.1 Å². The third kappa shape index (κ3) is 8.86. The van der Waals surface area contributed by atoms with Gasteiger partial charge >= 0.3 is 11.9 Å². The van der Waals surface area contributed by atoms with E-state index in [2.05, 4.69) is 10.6 Å². The van der Waals surface area contributed by atoms with Gasteiger partial charge in [0.05, 0.1) is 22.3 Å². The summed E-state index contributed by atoms with van der Waals surface area (Å²) in [6.45, 7) is 0.663. The maximum atomic E-state index is 12.8. The topological polar surface area (TPSA) is 160 Å². The minimum Gasteiger partial charge on any atom is -0.490 e. The fourth-order valence-corrected chi connectivity index (χ4v) is 4.18. The Bertz CT molecular complexity index is 1730. The van der Waals surface area contributed by atoms with E-state index in [1.54, 1.807) is 24.3 Å². The zero-order valence-corrected chi connectivity index (χ0v) is 23.8. The molecule has 0 aliphatic heterocycles. The summed E-state index contributed by atoms with van der Waals surface area (Å²) in [5.41, 5.74) is 0.918. The molecule has 0 fully saturated rings. The molecule has 4 rings (SSSR count). The minimum absolute atomic E-state index is 0.0191. The summed E-state index contributed by atoms with van der Waals surface area (Å²) in [7, 11) is 0. The first kappa shape index (κ1) is 31.7. The molecule has 0 aliphatic carbocycles. The highest BCUT2D eigenvalue weighted by molar-refractivity contribution is 6.05. The van der Waals surface area contributed by atoms with E-state index in [9.17, 15) is 29.4 Å². The number of amides is 2. The zero-order chi connectivity index (χ0) is 32.2. The molecule has 0 saturated carbocycles. The van der Waals surface area contributed by atoms with Crippen LogP contribution in [0.25, 0.3) is 0 Å². The summed E-state index contributed by atoms with van der Waals surface area (Å²) in [5.74, 6) is -2.65. The van der Waals surface area contributed by atoms with Gasteiger partial charge in [0.15, 0.2) is 0 Å². The number of carbonyl (C=O) groups is 4. The number of carbonyl (C=O) groups excluding carboxylic acids is 2. The maximum Gasteiger partial charge on any atom is 0.336 e. The number of rotatable bonds is 14. The van der Waals surface area contributed by atoms with Gasteiger partial charge in [-0.25, -0.2) is 9.59 Å². The minimum atomic E-state index is -1.31. The van der Waals surface area contributed by atoms with E-state index in [1.165, 1.54) is 36.4 Å². The van der Waals surface area contributed by atoms with Gasteiger partial charge in [-0.15, -0.1) is 0 Å². The molecule has 4 aromatic carbocycles. The number of para-hydroxylation sites is 1. The number of ether oxygens (including phenoxy) is 3. The van der Waals surface area contributed by atoms with Crippen molar-refractivity contribution in [3.05, 3.63) is 124 Å². The highest BCUT2D eigenvalue weighted by Crippen LogP contribution is 2.20. The average molecular weight is 609 g/mol. The highest BCUT2D eigenvalue weighted by atomic mass is 16.5. The van der Waals surface area contributed by atoms with Gasteiger partial charge in [-0.3, -0.25) is 9.59 Å². The van der Waals surface area contributed by atoms with Gasteiger partial charge in [0.2, 0.25) is 0 Å². The second-order valence-corrected chi connectivity index (χ2v) is 9.44. The molecule has 11 nitrogen and oxygen atoms in total. The second kappa shape index (κ2) is 15.3. The summed E-state index contributed by atoms with van der Waals surface area (Å²) in [6, 6.07) is 24.2. The Labute approximate surface area is 258 Å². The first-order chi connectivity index (χ1) is 21.7. The lowest BCUT2D eigenvalue weighted by atomic mass is 10.1. The zero-order valence-electron chi connectivity index (χ0n) is 23.8. The van der Waals surface area contributed by atoms with Crippen LogP contribution in [0, 0.1) is 12.5 Å². The number of hydrogen-bond acceptors (Lipinski definition) is 7. The molecule has 0 heterocycles. The molecular weight excluding hydrogens is 580 g/mol. The van der Waals surface area contributed by atoms with Gasteiger partial charge in [0.25, 0.3) is 11.8 Å². The molecule has 4 aromatic rings. The van der Waals surface area contributed by atoms with E-state index in [1.807, 2.05) is 36.4 Å². The molecule has 0 saturated heterocycles. The van der Waals surface area contributed by atoms with E-state index >= 15 is 0 Å². The lowest BCUT2D eigenvalue weighted by Gasteiger charge is -2.12. The predicted octanol–water partition coefficient (Wildman–Crippen LogP) is 4.37. The van der Waals surface area contributed by atoms with Crippen molar-refractivity contribution < 1.29 is 43.6 Å². The van der Waals surface area contributed by atoms with E-state index in [0.717, 1.165) is 11.1 Å². The van der Waals surface area contributed by atoms with Gasteiger partial charge in [-0.2, -0.15) is 0 Å². The molecular formula is C34H28N2O9. The predicted molar refractivity (Wildman–Crippen MR) is 162 cm³/mol. The number of benzene rings is 4. The summed E-state index contributed by atoms with van der Waals surface area (Å²) < 4.78 is 16.0. The molecule has 0 spiro atoms. The lowest BCUT2D eigenvalue weighted by Crippen LogP contribution is -2.25. The summed E-state index contributed by atoms with van der Waals surface area (Å²) in [5, 5.41) is 24.5. The molecule has 0 aromatic heterocycles. The van der Waals surface area contributed by atoms with Crippen molar-refractivity contribution in [2.75, 3.05) is 13.2 Å². The van der Waals surface area contributed by atoms with Crippen LogP contribution in [0.15, 0.2) is 91.0 Å². The molecule has 45 heavy (non-hydrogen) atoms. The van der Waals surface area contributed by atoms with Crippen molar-refractivity contribution in [3.8, 4) is 29.8 Å². The number of hydrogen-bond donors (Lipinski definition) is 4. The average Bonchev–Trinajstić information content (AvgIpc) is 3.05. The van der Waals surface area contributed by atoms with E-state index < -0.39 is 23.8 Å². The normalized spacial score (nSPS) is 10.2. The van der Waals surface area contributed by atoms with Crippen LogP contribution in [0.2, 0.25) is 0 Å².